The van der Waals surface area contributed by atoms with Gasteiger partial charge in [-0.25, -0.2) is 0 Å². The first-order valence-corrected chi connectivity index (χ1v) is 5.28. The second-order valence-electron chi connectivity index (χ2n) is 3.62. The summed E-state index contributed by atoms with van der Waals surface area (Å²) in [6, 6.07) is 0.504. The molecule has 3 nitrogen and oxygen atoms in total. The number of carbonyl (C=O) groups excluding carboxylic acids is 1. The normalized spacial score (nSPS) is 16.2. The lowest BCUT2D eigenvalue weighted by molar-refractivity contribution is -0.121. The molecule has 1 rings (SSSR count). The molecule has 0 aromatic heterocycles. The molecule has 1 aliphatic carbocycles. The van der Waals surface area contributed by atoms with Crippen molar-refractivity contribution in [1.29, 1.82) is 0 Å². The van der Waals surface area contributed by atoms with Crippen LogP contribution in [-0.4, -0.2) is 36.5 Å². The Morgan fingerprint density at radius 3 is 2.46 bits per heavy atom. The smallest absolute Gasteiger partial charge is 0.221 e. The average molecular weight is 184 g/mol. The molecule has 1 amide bonds. The molecule has 0 atom stereocenters. The van der Waals surface area contributed by atoms with Crippen LogP contribution in [0.2, 0.25) is 0 Å². The number of nitrogens with zero attached hydrogens (tertiary/aromatic N) is 1. The number of hydrogen-bond donors (Lipinski definition) is 1. The molecule has 0 unspecified atom stereocenters. The fourth-order valence-corrected chi connectivity index (χ4v) is 1.33. The predicted octanol–water partition coefficient (Wildman–Crippen LogP) is 0.997. The third kappa shape index (κ3) is 4.27. The van der Waals surface area contributed by atoms with Gasteiger partial charge in [-0.15, -0.1) is 0 Å². The van der Waals surface area contributed by atoms with E-state index in [2.05, 4.69) is 24.1 Å². The van der Waals surface area contributed by atoms with E-state index in [0.29, 0.717) is 12.5 Å². The standard InChI is InChI=1S/C10H20N2O/c1-3-12(4-2)8-7-10(13)11-9-5-6-9/h9H,3-8H2,1-2H3,(H,11,13). The maximum atomic E-state index is 11.3. The molecular formula is C10H20N2O. The molecule has 0 spiro atoms. The third-order valence-corrected chi connectivity index (χ3v) is 2.49. The van der Waals surface area contributed by atoms with Crippen molar-refractivity contribution in [2.24, 2.45) is 0 Å². The van der Waals surface area contributed by atoms with E-state index < -0.39 is 0 Å². The highest BCUT2D eigenvalue weighted by Crippen LogP contribution is 2.18. The Hall–Kier alpha value is -0.570. The van der Waals surface area contributed by atoms with Crippen molar-refractivity contribution >= 4 is 5.91 Å². The molecule has 0 aromatic carbocycles. The Kier molecular flexibility index (Phi) is 4.22. The summed E-state index contributed by atoms with van der Waals surface area (Å²) in [5.41, 5.74) is 0. The van der Waals surface area contributed by atoms with E-state index in [4.69, 9.17) is 0 Å². The van der Waals surface area contributed by atoms with E-state index in [0.717, 1.165) is 19.6 Å². The van der Waals surface area contributed by atoms with E-state index in [1.165, 1.54) is 12.8 Å². The van der Waals surface area contributed by atoms with Gasteiger partial charge in [0.2, 0.25) is 5.91 Å². The van der Waals surface area contributed by atoms with Gasteiger partial charge < -0.3 is 10.2 Å². The van der Waals surface area contributed by atoms with E-state index in [9.17, 15) is 4.79 Å². The Morgan fingerprint density at radius 1 is 1.38 bits per heavy atom. The van der Waals surface area contributed by atoms with Crippen molar-refractivity contribution in [3.8, 4) is 0 Å². The number of amides is 1. The Morgan fingerprint density at radius 2 is 2.00 bits per heavy atom. The van der Waals surface area contributed by atoms with Crippen molar-refractivity contribution < 1.29 is 4.79 Å². The van der Waals surface area contributed by atoms with Crippen molar-refractivity contribution in [2.45, 2.75) is 39.2 Å². The zero-order valence-electron chi connectivity index (χ0n) is 8.68. The zero-order chi connectivity index (χ0) is 9.68. The lowest BCUT2D eigenvalue weighted by Gasteiger charge is -2.17. The fraction of sp³-hybridized carbons (Fsp3) is 0.900. The topological polar surface area (TPSA) is 32.3 Å². The number of nitrogens with one attached hydrogen (secondary N) is 1. The number of carbonyl (C=O) groups is 1. The SMILES string of the molecule is CCN(CC)CCC(=O)NC1CC1. The first-order chi connectivity index (χ1) is 6.26. The van der Waals surface area contributed by atoms with Gasteiger partial charge in [0.25, 0.3) is 0 Å². The lowest BCUT2D eigenvalue weighted by Crippen LogP contribution is -2.31. The first-order valence-electron chi connectivity index (χ1n) is 5.28. The van der Waals surface area contributed by atoms with Crippen LogP contribution >= 0.6 is 0 Å². The van der Waals surface area contributed by atoms with Crippen LogP contribution in [0.3, 0.4) is 0 Å². The van der Waals surface area contributed by atoms with E-state index >= 15 is 0 Å². The highest BCUT2D eigenvalue weighted by molar-refractivity contribution is 5.76. The first kappa shape index (κ1) is 10.5. The average Bonchev–Trinajstić information content (AvgIpc) is 2.90. The molecule has 1 aliphatic rings. The van der Waals surface area contributed by atoms with E-state index in [1.54, 1.807) is 0 Å². The minimum atomic E-state index is 0.217. The van der Waals surface area contributed by atoms with Crippen molar-refractivity contribution in [1.82, 2.24) is 10.2 Å². The van der Waals surface area contributed by atoms with Crippen LogP contribution < -0.4 is 5.32 Å². The molecule has 0 bridgehead atoms. The van der Waals surface area contributed by atoms with E-state index in [1.807, 2.05) is 0 Å². The molecule has 1 fully saturated rings. The largest absolute Gasteiger partial charge is 0.353 e. The van der Waals surface area contributed by atoms with Gasteiger partial charge in [0.1, 0.15) is 0 Å². The summed E-state index contributed by atoms with van der Waals surface area (Å²) in [5, 5.41) is 2.99. The summed E-state index contributed by atoms with van der Waals surface area (Å²) in [5.74, 6) is 0.217. The van der Waals surface area contributed by atoms with Gasteiger partial charge in [0, 0.05) is 19.0 Å². The van der Waals surface area contributed by atoms with Gasteiger partial charge in [0.15, 0.2) is 0 Å². The molecule has 3 heteroatoms. The van der Waals surface area contributed by atoms with Crippen LogP contribution in [0.25, 0.3) is 0 Å². The van der Waals surface area contributed by atoms with Gasteiger partial charge in [-0.1, -0.05) is 13.8 Å². The Labute approximate surface area is 80.5 Å². The van der Waals surface area contributed by atoms with Crippen LogP contribution in [0.5, 0.6) is 0 Å². The Balaban J connectivity index is 2.05. The summed E-state index contributed by atoms with van der Waals surface area (Å²) >= 11 is 0. The zero-order valence-corrected chi connectivity index (χ0v) is 8.68. The maximum absolute atomic E-state index is 11.3. The molecule has 0 aliphatic heterocycles. The van der Waals surface area contributed by atoms with Crippen LogP contribution in [0, 0.1) is 0 Å². The van der Waals surface area contributed by atoms with Crippen LogP contribution in [0.15, 0.2) is 0 Å². The van der Waals surface area contributed by atoms with Crippen molar-refractivity contribution in [3.63, 3.8) is 0 Å². The summed E-state index contributed by atoms with van der Waals surface area (Å²) in [4.78, 5) is 13.6. The van der Waals surface area contributed by atoms with Gasteiger partial charge in [-0.3, -0.25) is 4.79 Å². The summed E-state index contributed by atoms with van der Waals surface area (Å²) in [6.45, 7) is 7.22. The van der Waals surface area contributed by atoms with E-state index in [-0.39, 0.29) is 5.91 Å². The molecule has 1 N–H and O–H groups in total. The molecule has 0 saturated heterocycles. The molecule has 0 aromatic rings. The van der Waals surface area contributed by atoms with Gasteiger partial charge in [0.05, 0.1) is 0 Å². The second kappa shape index (κ2) is 5.22. The third-order valence-electron chi connectivity index (χ3n) is 2.49. The molecule has 0 heterocycles. The summed E-state index contributed by atoms with van der Waals surface area (Å²) < 4.78 is 0. The van der Waals surface area contributed by atoms with Gasteiger partial charge in [-0.05, 0) is 25.9 Å². The number of hydrogen-bond acceptors (Lipinski definition) is 2. The van der Waals surface area contributed by atoms with Crippen molar-refractivity contribution in [2.75, 3.05) is 19.6 Å². The van der Waals surface area contributed by atoms with Crippen LogP contribution in [0.4, 0.5) is 0 Å². The molecule has 1 saturated carbocycles. The van der Waals surface area contributed by atoms with Crippen LogP contribution in [0.1, 0.15) is 33.1 Å². The van der Waals surface area contributed by atoms with Gasteiger partial charge >= 0.3 is 0 Å². The quantitative estimate of drug-likeness (QED) is 0.668. The number of rotatable bonds is 6. The maximum Gasteiger partial charge on any atom is 0.221 e. The predicted molar refractivity (Wildman–Crippen MR) is 53.6 cm³/mol. The monoisotopic (exact) mass is 184 g/mol. The fourth-order valence-electron chi connectivity index (χ4n) is 1.33. The highest BCUT2D eigenvalue weighted by atomic mass is 16.1. The Bertz CT molecular complexity index is 162. The highest BCUT2D eigenvalue weighted by Gasteiger charge is 2.22. The molecular weight excluding hydrogens is 164 g/mol. The minimum Gasteiger partial charge on any atom is -0.353 e. The second-order valence-corrected chi connectivity index (χ2v) is 3.62. The molecule has 76 valence electrons. The summed E-state index contributed by atoms with van der Waals surface area (Å²) in [6.07, 6.45) is 3.01. The lowest BCUT2D eigenvalue weighted by atomic mass is 10.3. The van der Waals surface area contributed by atoms with Crippen molar-refractivity contribution in [3.05, 3.63) is 0 Å². The molecule has 13 heavy (non-hydrogen) atoms. The summed E-state index contributed by atoms with van der Waals surface area (Å²) in [7, 11) is 0. The van der Waals surface area contributed by atoms with Crippen LogP contribution in [-0.2, 0) is 4.79 Å². The molecule has 0 radical (unpaired) electrons. The minimum absolute atomic E-state index is 0.217. The van der Waals surface area contributed by atoms with Gasteiger partial charge in [-0.2, -0.15) is 0 Å².